The van der Waals surface area contributed by atoms with Gasteiger partial charge in [0.1, 0.15) is 0 Å². The van der Waals surface area contributed by atoms with Crippen LogP contribution in [0.5, 0.6) is 0 Å². The summed E-state index contributed by atoms with van der Waals surface area (Å²) >= 11 is 0. The van der Waals surface area contributed by atoms with Crippen molar-refractivity contribution in [1.82, 2.24) is 15.3 Å². The van der Waals surface area contributed by atoms with Gasteiger partial charge in [0.25, 0.3) is 0 Å². The highest BCUT2D eigenvalue weighted by molar-refractivity contribution is 5.76. The summed E-state index contributed by atoms with van der Waals surface area (Å²) in [6, 6.07) is 0.268. The van der Waals surface area contributed by atoms with E-state index in [0.717, 1.165) is 52.0 Å². The summed E-state index contributed by atoms with van der Waals surface area (Å²) < 4.78 is 18.2. The molecule has 2 aliphatic rings. The van der Waals surface area contributed by atoms with Gasteiger partial charge in [-0.25, -0.2) is 14.4 Å². The van der Waals surface area contributed by atoms with Crippen molar-refractivity contribution >= 4 is 11.9 Å². The molecule has 7 heteroatoms. The largest absolute Gasteiger partial charge is 0.381 e. The second kappa shape index (κ2) is 7.68. The lowest BCUT2D eigenvalue weighted by Gasteiger charge is -2.32. The Balaban J connectivity index is 1.41. The molecule has 2 fully saturated rings. The third-order valence-electron chi connectivity index (χ3n) is 4.56. The fraction of sp³-hybridized carbons (Fsp3) is 0.688. The Morgan fingerprint density at radius 1 is 1.22 bits per heavy atom. The number of nitrogens with one attached hydrogen (secondary N) is 1. The number of carbonyl (C=O) groups is 1. The van der Waals surface area contributed by atoms with E-state index in [2.05, 4.69) is 15.3 Å². The van der Waals surface area contributed by atoms with Gasteiger partial charge in [0.15, 0.2) is 5.82 Å². The second-order valence-electron chi connectivity index (χ2n) is 6.29. The first-order valence-electron chi connectivity index (χ1n) is 8.30. The highest BCUT2D eigenvalue weighted by Crippen LogP contribution is 2.23. The van der Waals surface area contributed by atoms with Gasteiger partial charge in [0.2, 0.25) is 11.9 Å². The van der Waals surface area contributed by atoms with Crippen LogP contribution in [0.4, 0.5) is 10.3 Å². The van der Waals surface area contributed by atoms with Crippen molar-refractivity contribution in [3.63, 3.8) is 0 Å². The van der Waals surface area contributed by atoms with Crippen molar-refractivity contribution in [3.8, 4) is 0 Å². The summed E-state index contributed by atoms with van der Waals surface area (Å²) in [4.78, 5) is 22.2. The molecule has 6 nitrogen and oxygen atoms in total. The molecule has 3 rings (SSSR count). The van der Waals surface area contributed by atoms with Gasteiger partial charge < -0.3 is 15.0 Å². The number of nitrogens with zero attached hydrogens (tertiary/aromatic N) is 3. The molecule has 3 heterocycles. The lowest BCUT2D eigenvalue weighted by Crippen LogP contribution is -2.41. The first-order valence-corrected chi connectivity index (χ1v) is 8.30. The van der Waals surface area contributed by atoms with Gasteiger partial charge in [-0.2, -0.15) is 0 Å². The van der Waals surface area contributed by atoms with Crippen LogP contribution in [0.25, 0.3) is 0 Å². The number of halogens is 1. The molecule has 1 aromatic rings. The van der Waals surface area contributed by atoms with Crippen LogP contribution in [0.3, 0.4) is 0 Å². The Morgan fingerprint density at radius 2 is 1.87 bits per heavy atom. The number of rotatable bonds is 4. The summed E-state index contributed by atoms with van der Waals surface area (Å²) in [5.41, 5.74) is 0. The monoisotopic (exact) mass is 322 g/mol. The summed E-state index contributed by atoms with van der Waals surface area (Å²) in [7, 11) is 0. The molecule has 0 spiro atoms. The van der Waals surface area contributed by atoms with Crippen LogP contribution in [0.1, 0.15) is 32.1 Å². The minimum absolute atomic E-state index is 0.147. The molecule has 0 aliphatic carbocycles. The lowest BCUT2D eigenvalue weighted by atomic mass is 9.93. The predicted molar refractivity (Wildman–Crippen MR) is 83.5 cm³/mol. The van der Waals surface area contributed by atoms with Crippen molar-refractivity contribution in [2.45, 2.75) is 38.1 Å². The van der Waals surface area contributed by atoms with Crippen LogP contribution >= 0.6 is 0 Å². The number of amides is 1. The van der Waals surface area contributed by atoms with Gasteiger partial charge >= 0.3 is 0 Å². The zero-order valence-corrected chi connectivity index (χ0v) is 13.2. The second-order valence-corrected chi connectivity index (χ2v) is 6.29. The maximum absolute atomic E-state index is 12.9. The summed E-state index contributed by atoms with van der Waals surface area (Å²) in [5.74, 6) is 0.685. The molecule has 126 valence electrons. The lowest BCUT2D eigenvalue weighted by molar-refractivity contribution is -0.123. The van der Waals surface area contributed by atoms with Gasteiger partial charge in [0.05, 0.1) is 12.4 Å². The van der Waals surface area contributed by atoms with E-state index < -0.39 is 5.82 Å². The molecular formula is C16H23FN4O2. The van der Waals surface area contributed by atoms with Gasteiger partial charge in [-0.3, -0.25) is 4.79 Å². The third kappa shape index (κ3) is 4.60. The van der Waals surface area contributed by atoms with E-state index >= 15 is 0 Å². The quantitative estimate of drug-likeness (QED) is 0.910. The molecule has 0 atom stereocenters. The van der Waals surface area contributed by atoms with Crippen molar-refractivity contribution in [3.05, 3.63) is 18.2 Å². The van der Waals surface area contributed by atoms with Gasteiger partial charge in [-0.05, 0) is 31.6 Å². The Labute approximate surface area is 135 Å². The van der Waals surface area contributed by atoms with Crippen molar-refractivity contribution in [1.29, 1.82) is 0 Å². The minimum Gasteiger partial charge on any atom is -0.381 e. The fourth-order valence-corrected chi connectivity index (χ4v) is 3.20. The van der Waals surface area contributed by atoms with Crippen LogP contribution in [0, 0.1) is 11.7 Å². The first-order chi connectivity index (χ1) is 11.2. The van der Waals surface area contributed by atoms with Crippen LogP contribution in [-0.2, 0) is 9.53 Å². The Kier molecular flexibility index (Phi) is 5.38. The van der Waals surface area contributed by atoms with Crippen LogP contribution < -0.4 is 10.2 Å². The first kappa shape index (κ1) is 16.1. The maximum atomic E-state index is 12.9. The maximum Gasteiger partial charge on any atom is 0.225 e. The molecule has 1 amide bonds. The van der Waals surface area contributed by atoms with Gasteiger partial charge in [0, 0.05) is 38.8 Å². The molecule has 1 aromatic heterocycles. The molecule has 0 unspecified atom stereocenters. The fourth-order valence-electron chi connectivity index (χ4n) is 3.20. The zero-order chi connectivity index (χ0) is 16.1. The molecule has 0 aromatic carbocycles. The van der Waals surface area contributed by atoms with Crippen molar-refractivity contribution in [2.75, 3.05) is 31.2 Å². The smallest absolute Gasteiger partial charge is 0.225 e. The van der Waals surface area contributed by atoms with Crippen molar-refractivity contribution in [2.24, 2.45) is 5.92 Å². The number of piperidine rings is 1. The van der Waals surface area contributed by atoms with Crippen LogP contribution in [0.15, 0.2) is 12.4 Å². The average molecular weight is 322 g/mol. The normalized spacial score (nSPS) is 20.5. The number of hydrogen-bond acceptors (Lipinski definition) is 5. The van der Waals surface area contributed by atoms with E-state index in [0.29, 0.717) is 18.3 Å². The number of anilines is 1. The molecule has 0 bridgehead atoms. The molecule has 2 aliphatic heterocycles. The van der Waals surface area contributed by atoms with Crippen molar-refractivity contribution < 1.29 is 13.9 Å². The van der Waals surface area contributed by atoms with E-state index in [-0.39, 0.29) is 11.9 Å². The predicted octanol–water partition coefficient (Wildman–Crippen LogP) is 1.52. The van der Waals surface area contributed by atoms with Gasteiger partial charge in [-0.1, -0.05) is 0 Å². The standard InChI is InChI=1S/C16H23FN4O2/c17-13-10-18-16(19-11-13)21-5-1-12(2-6-21)9-15(22)20-14-3-7-23-8-4-14/h10-12,14H,1-9H2,(H,20,22). The number of ether oxygens (including phenoxy) is 1. The average Bonchev–Trinajstić information content (AvgIpc) is 2.57. The molecule has 2 saturated heterocycles. The zero-order valence-electron chi connectivity index (χ0n) is 13.2. The minimum atomic E-state index is -0.423. The number of carbonyl (C=O) groups excluding carboxylic acids is 1. The Hall–Kier alpha value is -1.76. The molecular weight excluding hydrogens is 299 g/mol. The van der Waals surface area contributed by atoms with Gasteiger partial charge in [-0.15, -0.1) is 0 Å². The van der Waals surface area contributed by atoms with E-state index in [9.17, 15) is 9.18 Å². The number of hydrogen-bond donors (Lipinski definition) is 1. The summed E-state index contributed by atoms with van der Waals surface area (Å²) in [6.07, 6.45) is 6.64. The SMILES string of the molecule is O=C(CC1CCN(c2ncc(F)cn2)CC1)NC1CCOCC1. The molecule has 1 N–H and O–H groups in total. The van der Waals surface area contributed by atoms with Crippen LogP contribution in [0.2, 0.25) is 0 Å². The van der Waals surface area contributed by atoms with Crippen LogP contribution in [-0.4, -0.2) is 48.2 Å². The van der Waals surface area contributed by atoms with E-state index in [1.54, 1.807) is 0 Å². The summed E-state index contributed by atoms with van der Waals surface area (Å²) in [6.45, 7) is 3.09. The topological polar surface area (TPSA) is 67.4 Å². The highest BCUT2D eigenvalue weighted by atomic mass is 19.1. The molecule has 0 saturated carbocycles. The third-order valence-corrected chi connectivity index (χ3v) is 4.56. The van der Waals surface area contributed by atoms with E-state index in [1.165, 1.54) is 12.4 Å². The Bertz CT molecular complexity index is 511. The van der Waals surface area contributed by atoms with E-state index in [4.69, 9.17) is 4.74 Å². The number of aromatic nitrogens is 2. The molecule has 23 heavy (non-hydrogen) atoms. The van der Waals surface area contributed by atoms with E-state index in [1.807, 2.05) is 4.90 Å². The Morgan fingerprint density at radius 3 is 2.52 bits per heavy atom. The highest BCUT2D eigenvalue weighted by Gasteiger charge is 2.24. The molecule has 0 radical (unpaired) electrons. The summed E-state index contributed by atoms with van der Waals surface area (Å²) in [5, 5.41) is 3.12.